The van der Waals surface area contributed by atoms with Crippen molar-refractivity contribution in [3.8, 4) is 34.5 Å². The maximum atomic E-state index is 12.8. The number of rotatable bonds is 16. The summed E-state index contributed by atoms with van der Waals surface area (Å²) in [6.07, 6.45) is 6.23. The molecule has 298 valence electrons. The molecule has 0 spiro atoms. The van der Waals surface area contributed by atoms with E-state index in [1.807, 2.05) is 0 Å². The van der Waals surface area contributed by atoms with Gasteiger partial charge < -0.3 is 28.4 Å². The highest BCUT2D eigenvalue weighted by atomic mass is 16.6. The predicted molar refractivity (Wildman–Crippen MR) is 220 cm³/mol. The number of hydrogen-bond donors (Lipinski definition) is 0. The average molecular weight is 787 g/mol. The molecule has 3 aromatic rings. The molecule has 0 saturated heterocycles. The zero-order valence-corrected chi connectivity index (χ0v) is 33.1. The molecule has 0 aliphatic carbocycles. The molecule has 58 heavy (non-hydrogen) atoms. The highest BCUT2D eigenvalue weighted by molar-refractivity contribution is 5.94. The normalized spacial score (nSPS) is 10.6. The van der Waals surface area contributed by atoms with Gasteiger partial charge in [0.2, 0.25) is 0 Å². The lowest BCUT2D eigenvalue weighted by Gasteiger charge is -2.14. The fourth-order valence-corrected chi connectivity index (χ4v) is 4.11. The Balaban J connectivity index is 2.21. The second-order valence-corrected chi connectivity index (χ2v) is 13.0. The predicted octanol–water partition coefficient (Wildman–Crippen LogP) is 8.92. The molecule has 0 heterocycles. The lowest BCUT2D eigenvalue weighted by atomic mass is 10.0. The summed E-state index contributed by atoms with van der Waals surface area (Å²) in [5.41, 5.74) is 2.03. The maximum absolute atomic E-state index is 12.8. The van der Waals surface area contributed by atoms with E-state index in [9.17, 15) is 28.8 Å². The summed E-state index contributed by atoms with van der Waals surface area (Å²) in [6.45, 7) is 30.4. The number of benzene rings is 3. The maximum Gasteiger partial charge on any atom is 0.338 e. The molecule has 0 radical (unpaired) electrons. The van der Waals surface area contributed by atoms with Crippen LogP contribution in [0.2, 0.25) is 0 Å². The van der Waals surface area contributed by atoms with E-state index < -0.39 is 35.8 Å². The molecular weight excluding hydrogens is 744 g/mol. The third-order valence-corrected chi connectivity index (χ3v) is 7.30. The Hall–Kier alpha value is -7.60. The van der Waals surface area contributed by atoms with E-state index in [1.165, 1.54) is 77.9 Å². The fraction of sp³-hybridized carbons (Fsp3) is 0.130. The van der Waals surface area contributed by atoms with Gasteiger partial charge in [-0.1, -0.05) is 75.9 Å². The molecule has 0 saturated carbocycles. The van der Waals surface area contributed by atoms with Gasteiger partial charge in [-0.05, 0) is 89.1 Å². The summed E-state index contributed by atoms with van der Waals surface area (Å²) in [4.78, 5) is 75.1. The topological polar surface area (TPSA) is 158 Å². The molecular formula is C46H42O12. The van der Waals surface area contributed by atoms with Crippen LogP contribution in [0, 0.1) is 0 Å². The highest BCUT2D eigenvalue weighted by Crippen LogP contribution is 2.36. The van der Waals surface area contributed by atoms with E-state index in [4.69, 9.17) is 28.4 Å². The number of hydrogen-bond acceptors (Lipinski definition) is 12. The summed E-state index contributed by atoms with van der Waals surface area (Å²) in [5, 5.41) is 0. The largest absolute Gasteiger partial charge is 0.423 e. The van der Waals surface area contributed by atoms with Crippen molar-refractivity contribution >= 4 is 60.1 Å². The van der Waals surface area contributed by atoms with E-state index in [2.05, 4.69) is 39.5 Å². The lowest BCUT2D eigenvalue weighted by molar-refractivity contribution is -0.132. The summed E-state index contributed by atoms with van der Waals surface area (Å²) >= 11 is 0. The molecule has 0 aliphatic heterocycles. The first-order chi connectivity index (χ1) is 27.2. The second-order valence-electron chi connectivity index (χ2n) is 13.0. The van der Waals surface area contributed by atoms with Crippen molar-refractivity contribution in [1.82, 2.24) is 0 Å². The zero-order chi connectivity index (χ0) is 43.4. The third-order valence-electron chi connectivity index (χ3n) is 7.30. The molecule has 0 bridgehead atoms. The standard InChI is InChI=1S/C46H42O12/c1-25(2)41(47)53-35-19-15-31(21-39(35)57-45(51)29(9)10)13-17-33-23-38(56-44(50)28(7)8)34(24-37(33)55-43(49)27(5)6)18-14-32-16-20-36(54-42(48)26(3)4)40(22-32)58-46(52)30(11)12/h13-24H,1,3,5,7,9,11H2,2,4,6,8,10,12H3/b17-13+,18-14+. The van der Waals surface area contributed by atoms with E-state index in [1.54, 1.807) is 36.4 Å². The van der Waals surface area contributed by atoms with Gasteiger partial charge in [0.1, 0.15) is 11.5 Å². The van der Waals surface area contributed by atoms with E-state index in [0.29, 0.717) is 11.1 Å². The summed E-state index contributed by atoms with van der Waals surface area (Å²) in [6, 6.07) is 11.7. The Morgan fingerprint density at radius 2 is 0.586 bits per heavy atom. The third kappa shape index (κ3) is 12.7. The minimum Gasteiger partial charge on any atom is -0.423 e. The fourth-order valence-electron chi connectivity index (χ4n) is 4.11. The van der Waals surface area contributed by atoms with E-state index in [0.717, 1.165) is 0 Å². The van der Waals surface area contributed by atoms with Crippen LogP contribution in [0.4, 0.5) is 0 Å². The second kappa shape index (κ2) is 19.8. The zero-order valence-electron chi connectivity index (χ0n) is 33.1. The SMILES string of the molecule is C=C(C)C(=O)Oc1cc(/C=C/c2ccc(OC(=O)C(=C)C)c(OC(=O)C(=C)C)c2)c(OC(=O)C(=C)C)cc1/C=C/c1ccc(OC(=O)C(=C)C)c(OC(=O)C(=C)C)c1. The Labute approximate surface area is 336 Å². The quantitative estimate of drug-likeness (QED) is 0.0589. The summed E-state index contributed by atoms with van der Waals surface area (Å²) < 4.78 is 32.9. The monoisotopic (exact) mass is 786 g/mol. The minimum atomic E-state index is -0.762. The summed E-state index contributed by atoms with van der Waals surface area (Å²) in [7, 11) is 0. The van der Waals surface area contributed by atoms with Crippen molar-refractivity contribution in [3.63, 3.8) is 0 Å². The van der Waals surface area contributed by atoms with Crippen LogP contribution in [0.25, 0.3) is 24.3 Å². The van der Waals surface area contributed by atoms with Crippen LogP contribution < -0.4 is 28.4 Å². The van der Waals surface area contributed by atoms with Crippen molar-refractivity contribution in [2.75, 3.05) is 0 Å². The first kappa shape index (κ1) is 44.8. The van der Waals surface area contributed by atoms with Crippen LogP contribution in [0.3, 0.4) is 0 Å². The number of carbonyl (C=O) groups is 6. The Kier molecular flexibility index (Phi) is 15.3. The van der Waals surface area contributed by atoms with Crippen LogP contribution in [0.5, 0.6) is 34.5 Å². The number of ether oxygens (including phenoxy) is 6. The molecule has 0 aliphatic rings. The molecule has 0 aromatic heterocycles. The van der Waals surface area contributed by atoms with Crippen molar-refractivity contribution < 1.29 is 57.2 Å². The first-order valence-electron chi connectivity index (χ1n) is 17.2. The molecule has 0 unspecified atom stereocenters. The van der Waals surface area contributed by atoms with Gasteiger partial charge in [-0.2, -0.15) is 0 Å². The molecule has 0 amide bonds. The minimum absolute atomic E-state index is 0.0260. The van der Waals surface area contributed by atoms with Crippen LogP contribution in [0.1, 0.15) is 63.8 Å². The Morgan fingerprint density at radius 3 is 0.845 bits per heavy atom. The highest BCUT2D eigenvalue weighted by Gasteiger charge is 2.19. The van der Waals surface area contributed by atoms with Gasteiger partial charge in [0.05, 0.1) is 0 Å². The van der Waals surface area contributed by atoms with Crippen molar-refractivity contribution in [3.05, 3.63) is 144 Å². The Morgan fingerprint density at radius 1 is 0.345 bits per heavy atom. The van der Waals surface area contributed by atoms with Gasteiger partial charge in [0.25, 0.3) is 0 Å². The molecule has 0 atom stereocenters. The van der Waals surface area contributed by atoms with Crippen LogP contribution in [-0.4, -0.2) is 35.8 Å². The number of esters is 6. The molecule has 3 aromatic carbocycles. The molecule has 0 N–H and O–H groups in total. The smallest absolute Gasteiger partial charge is 0.338 e. The number of carbonyl (C=O) groups excluding carboxylic acids is 6. The van der Waals surface area contributed by atoms with Crippen molar-refractivity contribution in [2.24, 2.45) is 0 Å². The van der Waals surface area contributed by atoms with E-state index in [-0.39, 0.29) is 79.1 Å². The van der Waals surface area contributed by atoms with Gasteiger partial charge in [0.15, 0.2) is 23.0 Å². The van der Waals surface area contributed by atoms with Gasteiger partial charge >= 0.3 is 35.8 Å². The molecule has 12 nitrogen and oxygen atoms in total. The lowest BCUT2D eigenvalue weighted by Crippen LogP contribution is -2.13. The Bertz CT molecular complexity index is 2200. The van der Waals surface area contributed by atoms with Gasteiger partial charge in [-0.15, -0.1) is 0 Å². The molecule has 12 heteroatoms. The first-order valence-corrected chi connectivity index (χ1v) is 17.2. The van der Waals surface area contributed by atoms with Crippen LogP contribution in [-0.2, 0) is 28.8 Å². The summed E-state index contributed by atoms with van der Waals surface area (Å²) in [5.74, 6) is -4.73. The van der Waals surface area contributed by atoms with Crippen molar-refractivity contribution in [1.29, 1.82) is 0 Å². The van der Waals surface area contributed by atoms with Gasteiger partial charge in [-0.3, -0.25) is 0 Å². The molecule has 0 fully saturated rings. The van der Waals surface area contributed by atoms with Crippen LogP contribution in [0.15, 0.2) is 121 Å². The van der Waals surface area contributed by atoms with Gasteiger partial charge in [0, 0.05) is 44.6 Å². The van der Waals surface area contributed by atoms with E-state index >= 15 is 0 Å². The average Bonchev–Trinajstić information content (AvgIpc) is 3.15. The van der Waals surface area contributed by atoms with Crippen LogP contribution >= 0.6 is 0 Å². The van der Waals surface area contributed by atoms with Gasteiger partial charge in [-0.25, -0.2) is 28.8 Å². The van der Waals surface area contributed by atoms with Crippen molar-refractivity contribution in [2.45, 2.75) is 41.5 Å². The molecule has 3 rings (SSSR count).